The van der Waals surface area contributed by atoms with Crippen molar-refractivity contribution in [2.45, 2.75) is 13.8 Å². The van der Waals surface area contributed by atoms with Crippen LogP contribution in [0.5, 0.6) is 0 Å². The van der Waals surface area contributed by atoms with Crippen LogP contribution in [-0.4, -0.2) is 15.8 Å². The Morgan fingerprint density at radius 3 is 2.42 bits per heavy atom. The molecule has 0 saturated heterocycles. The van der Waals surface area contributed by atoms with E-state index in [0.717, 1.165) is 12.1 Å². The Morgan fingerprint density at radius 1 is 0.923 bits per heavy atom. The molecule has 2 aromatic carbocycles. The van der Waals surface area contributed by atoms with Crippen molar-refractivity contribution >= 4 is 28.9 Å². The van der Waals surface area contributed by atoms with Crippen molar-refractivity contribution in [3.8, 4) is 0 Å². The topological polar surface area (TPSA) is 66.9 Å². The van der Waals surface area contributed by atoms with Crippen LogP contribution in [0, 0.1) is 18.6 Å². The number of Topliss-reactive ketones (excluding diaryl/α,β-unsaturated/α-hetero) is 1. The second-order valence-electron chi connectivity index (χ2n) is 5.73. The van der Waals surface area contributed by atoms with E-state index in [4.69, 9.17) is 0 Å². The molecule has 0 saturated carbocycles. The van der Waals surface area contributed by atoms with E-state index in [1.165, 1.54) is 13.0 Å². The highest BCUT2D eigenvalue weighted by molar-refractivity contribution is 5.95. The fourth-order valence-corrected chi connectivity index (χ4v) is 2.36. The number of hydrogen-bond donors (Lipinski definition) is 2. The maximum absolute atomic E-state index is 13.3. The molecular weight excluding hydrogens is 338 g/mol. The average molecular weight is 354 g/mol. The van der Waals surface area contributed by atoms with Crippen molar-refractivity contribution in [1.82, 2.24) is 9.97 Å². The third kappa shape index (κ3) is 4.18. The molecule has 3 aromatic rings. The summed E-state index contributed by atoms with van der Waals surface area (Å²) in [5.41, 5.74) is 2.30. The van der Waals surface area contributed by atoms with E-state index in [1.807, 2.05) is 6.07 Å². The second-order valence-corrected chi connectivity index (χ2v) is 5.73. The van der Waals surface area contributed by atoms with Crippen molar-refractivity contribution in [1.29, 1.82) is 0 Å². The average Bonchev–Trinajstić information content (AvgIpc) is 2.58. The molecule has 0 unspecified atom stereocenters. The van der Waals surface area contributed by atoms with Gasteiger partial charge in [0.05, 0.1) is 0 Å². The van der Waals surface area contributed by atoms with Crippen LogP contribution >= 0.6 is 0 Å². The van der Waals surface area contributed by atoms with Gasteiger partial charge in [-0.3, -0.25) is 4.79 Å². The molecule has 3 rings (SSSR count). The van der Waals surface area contributed by atoms with Crippen molar-refractivity contribution in [2.24, 2.45) is 0 Å². The summed E-state index contributed by atoms with van der Waals surface area (Å²) in [5.74, 6) is -1.17. The van der Waals surface area contributed by atoms with E-state index in [1.54, 1.807) is 31.2 Å². The predicted molar refractivity (Wildman–Crippen MR) is 96.1 cm³/mol. The summed E-state index contributed by atoms with van der Waals surface area (Å²) in [4.78, 5) is 20.0. The molecule has 0 aliphatic carbocycles. The number of rotatable bonds is 5. The van der Waals surface area contributed by atoms with Gasteiger partial charge in [-0.05, 0) is 38.1 Å². The van der Waals surface area contributed by atoms with Crippen LogP contribution in [0.3, 0.4) is 0 Å². The van der Waals surface area contributed by atoms with E-state index < -0.39 is 11.6 Å². The van der Waals surface area contributed by atoms with Gasteiger partial charge in [0.2, 0.25) is 5.95 Å². The van der Waals surface area contributed by atoms with Crippen LogP contribution in [0.15, 0.2) is 48.5 Å². The molecule has 0 radical (unpaired) electrons. The Bertz CT molecular complexity index is 976. The van der Waals surface area contributed by atoms with Crippen molar-refractivity contribution in [3.05, 3.63) is 71.4 Å². The monoisotopic (exact) mass is 354 g/mol. The first-order valence-electron chi connectivity index (χ1n) is 7.86. The quantitative estimate of drug-likeness (QED) is 0.647. The summed E-state index contributed by atoms with van der Waals surface area (Å²) in [6, 6.07) is 12.2. The molecule has 132 valence electrons. The first-order chi connectivity index (χ1) is 12.4. The molecule has 0 amide bonds. The zero-order valence-electron chi connectivity index (χ0n) is 14.2. The lowest BCUT2D eigenvalue weighted by Gasteiger charge is -2.11. The number of benzene rings is 2. The largest absolute Gasteiger partial charge is 0.340 e. The van der Waals surface area contributed by atoms with Crippen molar-refractivity contribution < 1.29 is 13.6 Å². The van der Waals surface area contributed by atoms with E-state index >= 15 is 0 Å². The lowest BCUT2D eigenvalue weighted by atomic mass is 10.1. The zero-order valence-corrected chi connectivity index (χ0v) is 14.2. The second kappa shape index (κ2) is 7.26. The van der Waals surface area contributed by atoms with Crippen LogP contribution < -0.4 is 10.6 Å². The summed E-state index contributed by atoms with van der Waals surface area (Å²) < 4.78 is 26.4. The Kier molecular flexibility index (Phi) is 4.88. The molecule has 0 fully saturated rings. The van der Waals surface area contributed by atoms with Gasteiger partial charge >= 0.3 is 0 Å². The van der Waals surface area contributed by atoms with Gasteiger partial charge in [-0.2, -0.15) is 4.98 Å². The number of carbonyl (C=O) groups excluding carboxylic acids is 1. The first-order valence-corrected chi connectivity index (χ1v) is 7.86. The van der Waals surface area contributed by atoms with Gasteiger partial charge in [-0.1, -0.05) is 12.1 Å². The van der Waals surface area contributed by atoms with Crippen molar-refractivity contribution in [3.63, 3.8) is 0 Å². The Balaban J connectivity index is 1.84. The fourth-order valence-electron chi connectivity index (χ4n) is 2.36. The molecule has 1 heterocycles. The fraction of sp³-hybridized carbons (Fsp3) is 0.105. The highest BCUT2D eigenvalue weighted by atomic mass is 19.2. The molecular formula is C19H16F2N4O. The van der Waals surface area contributed by atoms with E-state index in [9.17, 15) is 13.6 Å². The van der Waals surface area contributed by atoms with Crippen LogP contribution in [0.1, 0.15) is 23.0 Å². The number of aryl methyl sites for hydroxylation is 1. The molecule has 5 nitrogen and oxygen atoms in total. The van der Waals surface area contributed by atoms with Gasteiger partial charge in [0, 0.05) is 34.8 Å². The number of carbonyl (C=O) groups is 1. The lowest BCUT2D eigenvalue weighted by molar-refractivity contribution is 0.101. The maximum atomic E-state index is 13.3. The minimum Gasteiger partial charge on any atom is -0.340 e. The van der Waals surface area contributed by atoms with E-state index in [2.05, 4.69) is 20.6 Å². The lowest BCUT2D eigenvalue weighted by Crippen LogP contribution is -2.03. The standard InChI is InChI=1S/C19H16F2N4O/c1-11-8-18(23-14-5-3-4-13(9-14)12(2)26)25-19(22-11)24-15-6-7-16(20)17(21)10-15/h3-10H,1-2H3,(H2,22,23,24,25). The predicted octanol–water partition coefficient (Wildman–Crippen LogP) is 4.75. The van der Waals surface area contributed by atoms with Crippen LogP contribution in [-0.2, 0) is 0 Å². The number of anilines is 4. The summed E-state index contributed by atoms with van der Waals surface area (Å²) in [6.07, 6.45) is 0. The first kappa shape index (κ1) is 17.5. The van der Waals surface area contributed by atoms with Gasteiger partial charge < -0.3 is 10.6 Å². The van der Waals surface area contributed by atoms with E-state index in [-0.39, 0.29) is 11.7 Å². The molecule has 1 aromatic heterocycles. The van der Waals surface area contributed by atoms with Gasteiger partial charge in [0.25, 0.3) is 0 Å². The highest BCUT2D eigenvalue weighted by Gasteiger charge is 2.07. The Labute approximate surface area is 149 Å². The Morgan fingerprint density at radius 2 is 1.69 bits per heavy atom. The number of hydrogen-bond acceptors (Lipinski definition) is 5. The Hall–Kier alpha value is -3.35. The molecule has 26 heavy (non-hydrogen) atoms. The van der Waals surface area contributed by atoms with Gasteiger partial charge in [0.1, 0.15) is 5.82 Å². The molecule has 2 N–H and O–H groups in total. The molecule has 0 aliphatic heterocycles. The van der Waals surface area contributed by atoms with Crippen LogP contribution in [0.2, 0.25) is 0 Å². The normalized spacial score (nSPS) is 10.5. The molecule has 0 atom stereocenters. The third-order valence-corrected chi connectivity index (χ3v) is 3.57. The van der Waals surface area contributed by atoms with Gasteiger partial charge in [-0.25, -0.2) is 13.8 Å². The summed E-state index contributed by atoms with van der Waals surface area (Å²) in [7, 11) is 0. The highest BCUT2D eigenvalue weighted by Crippen LogP contribution is 2.21. The maximum Gasteiger partial charge on any atom is 0.229 e. The third-order valence-electron chi connectivity index (χ3n) is 3.57. The van der Waals surface area contributed by atoms with Gasteiger partial charge in [0.15, 0.2) is 17.4 Å². The smallest absolute Gasteiger partial charge is 0.229 e. The summed E-state index contributed by atoms with van der Waals surface area (Å²) >= 11 is 0. The van der Waals surface area contributed by atoms with Gasteiger partial charge in [-0.15, -0.1) is 0 Å². The van der Waals surface area contributed by atoms with E-state index in [0.29, 0.717) is 28.5 Å². The summed E-state index contributed by atoms with van der Waals surface area (Å²) in [6.45, 7) is 3.28. The summed E-state index contributed by atoms with van der Waals surface area (Å²) in [5, 5.41) is 5.95. The number of nitrogens with one attached hydrogen (secondary N) is 2. The number of aromatic nitrogens is 2. The van der Waals surface area contributed by atoms with Crippen LogP contribution in [0.25, 0.3) is 0 Å². The van der Waals surface area contributed by atoms with Crippen LogP contribution in [0.4, 0.5) is 31.9 Å². The molecule has 0 bridgehead atoms. The molecule has 7 heteroatoms. The van der Waals surface area contributed by atoms with Crippen molar-refractivity contribution in [2.75, 3.05) is 10.6 Å². The minimum absolute atomic E-state index is 0.0341. The number of nitrogens with zero attached hydrogens (tertiary/aromatic N) is 2. The number of ketones is 1. The number of halogens is 2. The zero-order chi connectivity index (χ0) is 18.7. The molecule has 0 aliphatic rings. The molecule has 0 spiro atoms. The SMILES string of the molecule is CC(=O)c1cccc(Nc2cc(C)nc(Nc3ccc(F)c(F)c3)n2)c1. The minimum atomic E-state index is -0.956.